The number of hydrogen-bond acceptors (Lipinski definition) is 3. The molecule has 0 spiro atoms. The lowest BCUT2D eigenvalue weighted by molar-refractivity contribution is 0.104. The highest BCUT2D eigenvalue weighted by Crippen LogP contribution is 2.23. The van der Waals surface area contributed by atoms with Crippen LogP contribution in [0.5, 0.6) is 5.75 Å². The molecular formula is C17H16BrNO2. The van der Waals surface area contributed by atoms with Gasteiger partial charge in [0.1, 0.15) is 5.75 Å². The predicted octanol–water partition coefficient (Wildman–Crippen LogP) is 4.66. The van der Waals surface area contributed by atoms with Gasteiger partial charge in [0.15, 0.2) is 5.78 Å². The lowest BCUT2D eigenvalue weighted by Gasteiger charge is -2.09. The Morgan fingerprint density at radius 1 is 1.19 bits per heavy atom. The number of carbonyl (C=O) groups excluding carboxylic acids is 1. The van der Waals surface area contributed by atoms with Crippen molar-refractivity contribution in [2.75, 3.05) is 11.9 Å². The molecule has 0 amide bonds. The number of allylic oxidation sites excluding steroid dienone is 1. The molecule has 108 valence electrons. The molecule has 0 atom stereocenters. The molecule has 0 aliphatic rings. The third kappa shape index (κ3) is 4.46. The average Bonchev–Trinajstić information content (AvgIpc) is 2.50. The summed E-state index contributed by atoms with van der Waals surface area (Å²) in [6.07, 6.45) is 3.13. The van der Waals surface area contributed by atoms with E-state index in [2.05, 4.69) is 21.2 Å². The van der Waals surface area contributed by atoms with E-state index in [4.69, 9.17) is 4.74 Å². The fourth-order valence-corrected chi connectivity index (χ4v) is 2.05. The van der Waals surface area contributed by atoms with Crippen LogP contribution in [-0.4, -0.2) is 12.4 Å². The van der Waals surface area contributed by atoms with Crippen molar-refractivity contribution in [3.63, 3.8) is 0 Å². The zero-order chi connectivity index (χ0) is 15.1. The summed E-state index contributed by atoms with van der Waals surface area (Å²) in [5, 5.41) is 3.07. The molecule has 0 aliphatic heterocycles. The van der Waals surface area contributed by atoms with Crippen LogP contribution in [0.1, 0.15) is 17.3 Å². The van der Waals surface area contributed by atoms with Crippen LogP contribution in [0, 0.1) is 0 Å². The first-order chi connectivity index (χ1) is 10.2. The van der Waals surface area contributed by atoms with Crippen LogP contribution in [0.2, 0.25) is 0 Å². The van der Waals surface area contributed by atoms with Gasteiger partial charge in [-0.25, -0.2) is 0 Å². The number of rotatable bonds is 6. The Labute approximate surface area is 132 Å². The van der Waals surface area contributed by atoms with Crippen LogP contribution >= 0.6 is 15.9 Å². The molecule has 2 rings (SSSR count). The van der Waals surface area contributed by atoms with E-state index >= 15 is 0 Å². The maximum absolute atomic E-state index is 12.0. The summed E-state index contributed by atoms with van der Waals surface area (Å²) < 4.78 is 6.46. The normalized spacial score (nSPS) is 10.6. The SMILES string of the molecule is CCOc1ccccc1NC=CC(=O)c1ccc(Br)cc1. The molecule has 1 N–H and O–H groups in total. The third-order valence-electron chi connectivity index (χ3n) is 2.79. The highest BCUT2D eigenvalue weighted by atomic mass is 79.9. The topological polar surface area (TPSA) is 38.3 Å². The summed E-state index contributed by atoms with van der Waals surface area (Å²) in [5.74, 6) is 0.713. The molecule has 0 unspecified atom stereocenters. The fourth-order valence-electron chi connectivity index (χ4n) is 1.78. The number of hydrogen-bond donors (Lipinski definition) is 1. The molecule has 2 aromatic rings. The van der Waals surface area contributed by atoms with E-state index < -0.39 is 0 Å². The van der Waals surface area contributed by atoms with Gasteiger partial charge in [-0.1, -0.05) is 28.1 Å². The van der Waals surface area contributed by atoms with Crippen molar-refractivity contribution < 1.29 is 9.53 Å². The van der Waals surface area contributed by atoms with Gasteiger partial charge in [0, 0.05) is 22.3 Å². The summed E-state index contributed by atoms with van der Waals surface area (Å²) in [6, 6.07) is 14.9. The molecule has 3 nitrogen and oxygen atoms in total. The Bertz CT molecular complexity index is 635. The second-order valence-electron chi connectivity index (χ2n) is 4.28. The van der Waals surface area contributed by atoms with E-state index in [0.717, 1.165) is 15.9 Å². The van der Waals surface area contributed by atoms with E-state index in [-0.39, 0.29) is 5.78 Å². The third-order valence-corrected chi connectivity index (χ3v) is 3.32. The molecule has 0 aromatic heterocycles. The molecule has 0 aliphatic carbocycles. The number of anilines is 1. The van der Waals surface area contributed by atoms with Crippen LogP contribution in [0.15, 0.2) is 65.3 Å². The van der Waals surface area contributed by atoms with Gasteiger partial charge in [-0.3, -0.25) is 4.79 Å². The van der Waals surface area contributed by atoms with Gasteiger partial charge < -0.3 is 10.1 Å². The Kier molecular flexibility index (Phi) is 5.58. The van der Waals surface area contributed by atoms with Crippen molar-refractivity contribution in [3.8, 4) is 5.75 Å². The van der Waals surface area contributed by atoms with Crippen LogP contribution in [0.4, 0.5) is 5.69 Å². The lowest BCUT2D eigenvalue weighted by atomic mass is 10.1. The number of ketones is 1. The van der Waals surface area contributed by atoms with Gasteiger partial charge in [-0.05, 0) is 43.3 Å². The molecule has 0 fully saturated rings. The molecular weight excluding hydrogens is 330 g/mol. The standard InChI is InChI=1S/C17H16BrNO2/c1-2-21-17-6-4-3-5-15(17)19-12-11-16(20)13-7-9-14(18)10-8-13/h3-12,19H,2H2,1H3. The van der Waals surface area contributed by atoms with Gasteiger partial charge in [-0.15, -0.1) is 0 Å². The van der Waals surface area contributed by atoms with Crippen molar-refractivity contribution in [2.45, 2.75) is 6.92 Å². The van der Waals surface area contributed by atoms with Crippen LogP contribution in [-0.2, 0) is 0 Å². The molecule has 4 heteroatoms. The fraction of sp³-hybridized carbons (Fsp3) is 0.118. The van der Waals surface area contributed by atoms with Gasteiger partial charge in [0.25, 0.3) is 0 Å². The Morgan fingerprint density at radius 2 is 1.90 bits per heavy atom. The van der Waals surface area contributed by atoms with Crippen molar-refractivity contribution >= 4 is 27.4 Å². The largest absolute Gasteiger partial charge is 0.492 e. The monoisotopic (exact) mass is 345 g/mol. The Morgan fingerprint density at radius 3 is 2.62 bits per heavy atom. The van der Waals surface area contributed by atoms with E-state index in [1.54, 1.807) is 18.3 Å². The predicted molar refractivity (Wildman–Crippen MR) is 88.8 cm³/mol. The zero-order valence-electron chi connectivity index (χ0n) is 11.7. The molecule has 0 radical (unpaired) electrons. The number of ether oxygens (including phenoxy) is 1. The Balaban J connectivity index is 2.02. The first kappa shape index (κ1) is 15.3. The number of nitrogens with one attached hydrogen (secondary N) is 1. The lowest BCUT2D eigenvalue weighted by Crippen LogP contribution is -1.98. The van der Waals surface area contributed by atoms with Gasteiger partial charge in [0.2, 0.25) is 0 Å². The van der Waals surface area contributed by atoms with E-state index in [1.807, 2.05) is 43.3 Å². The quantitative estimate of drug-likeness (QED) is 0.611. The molecule has 0 saturated heterocycles. The molecule has 0 bridgehead atoms. The minimum atomic E-state index is -0.0520. The van der Waals surface area contributed by atoms with Gasteiger partial charge in [0.05, 0.1) is 12.3 Å². The van der Waals surface area contributed by atoms with Gasteiger partial charge in [-0.2, -0.15) is 0 Å². The van der Waals surface area contributed by atoms with Crippen molar-refractivity contribution in [1.82, 2.24) is 0 Å². The Hall–Kier alpha value is -2.07. The summed E-state index contributed by atoms with van der Waals surface area (Å²) in [6.45, 7) is 2.53. The second-order valence-corrected chi connectivity index (χ2v) is 5.19. The highest BCUT2D eigenvalue weighted by molar-refractivity contribution is 9.10. The first-order valence-electron chi connectivity index (χ1n) is 6.65. The maximum atomic E-state index is 12.0. The van der Waals surface area contributed by atoms with Crippen molar-refractivity contribution in [1.29, 1.82) is 0 Å². The highest BCUT2D eigenvalue weighted by Gasteiger charge is 2.02. The van der Waals surface area contributed by atoms with Gasteiger partial charge >= 0.3 is 0 Å². The minimum absolute atomic E-state index is 0.0520. The van der Waals surface area contributed by atoms with Crippen molar-refractivity contribution in [3.05, 3.63) is 70.8 Å². The first-order valence-corrected chi connectivity index (χ1v) is 7.45. The molecule has 2 aromatic carbocycles. The average molecular weight is 346 g/mol. The summed E-state index contributed by atoms with van der Waals surface area (Å²) in [7, 11) is 0. The number of halogens is 1. The number of para-hydroxylation sites is 2. The van der Waals surface area contributed by atoms with E-state index in [9.17, 15) is 4.79 Å². The molecule has 0 saturated carbocycles. The molecule has 21 heavy (non-hydrogen) atoms. The van der Waals surface area contributed by atoms with Crippen molar-refractivity contribution in [2.24, 2.45) is 0 Å². The zero-order valence-corrected chi connectivity index (χ0v) is 13.3. The number of benzene rings is 2. The second kappa shape index (κ2) is 7.64. The summed E-state index contributed by atoms with van der Waals surface area (Å²) in [5.41, 5.74) is 1.48. The minimum Gasteiger partial charge on any atom is -0.492 e. The number of carbonyl (C=O) groups is 1. The maximum Gasteiger partial charge on any atom is 0.187 e. The van der Waals surface area contributed by atoms with Crippen LogP contribution in [0.3, 0.4) is 0 Å². The molecule has 0 heterocycles. The summed E-state index contributed by atoms with van der Waals surface area (Å²) in [4.78, 5) is 12.0. The van der Waals surface area contributed by atoms with Crippen LogP contribution < -0.4 is 10.1 Å². The smallest absolute Gasteiger partial charge is 0.187 e. The summed E-state index contributed by atoms with van der Waals surface area (Å²) >= 11 is 3.34. The van der Waals surface area contributed by atoms with E-state index in [0.29, 0.717) is 12.2 Å². The van der Waals surface area contributed by atoms with E-state index in [1.165, 1.54) is 6.08 Å². The van der Waals surface area contributed by atoms with Crippen LogP contribution in [0.25, 0.3) is 0 Å².